The minimum atomic E-state index is -1.33. The van der Waals surface area contributed by atoms with Crippen molar-refractivity contribution >= 4 is 23.7 Å². The molecule has 0 spiro atoms. The van der Waals surface area contributed by atoms with Crippen molar-refractivity contribution in [2.75, 3.05) is 0 Å². The van der Waals surface area contributed by atoms with Gasteiger partial charge in [-0.05, 0) is 47.9 Å². The number of aliphatic hydroxyl groups excluding tert-OH is 1. The summed E-state index contributed by atoms with van der Waals surface area (Å²) >= 11 is 0. The second kappa shape index (κ2) is 15.3. The van der Waals surface area contributed by atoms with Gasteiger partial charge in [-0.3, -0.25) is 14.4 Å². The van der Waals surface area contributed by atoms with Gasteiger partial charge in [0.05, 0.1) is 6.10 Å². The van der Waals surface area contributed by atoms with Gasteiger partial charge in [-0.1, -0.05) is 54.6 Å². The molecule has 0 saturated carbocycles. The van der Waals surface area contributed by atoms with E-state index in [1.54, 1.807) is 54.6 Å². The SMILES string of the molecule is CC(O)C(N)C(=O)NC(Cc1ccc(O)cc1)C(=O)NC(Cc1ccc(O)cc1)C(=O)NC(Cc1ccccc1)C(=O)O. The first-order valence-corrected chi connectivity index (χ1v) is 13.6. The van der Waals surface area contributed by atoms with E-state index in [4.69, 9.17) is 5.73 Å². The summed E-state index contributed by atoms with van der Waals surface area (Å²) in [5.41, 5.74) is 7.57. The van der Waals surface area contributed by atoms with Crippen LogP contribution < -0.4 is 21.7 Å². The van der Waals surface area contributed by atoms with Gasteiger partial charge in [-0.25, -0.2) is 4.79 Å². The number of hydrogen-bond acceptors (Lipinski definition) is 8. The van der Waals surface area contributed by atoms with Crippen LogP contribution in [0.25, 0.3) is 0 Å². The van der Waals surface area contributed by atoms with Gasteiger partial charge in [0, 0.05) is 19.3 Å². The third kappa shape index (κ3) is 10.1. The van der Waals surface area contributed by atoms with Gasteiger partial charge in [0.15, 0.2) is 0 Å². The minimum absolute atomic E-state index is 0.000894. The highest BCUT2D eigenvalue weighted by Crippen LogP contribution is 2.14. The maximum Gasteiger partial charge on any atom is 0.326 e. The smallest absolute Gasteiger partial charge is 0.326 e. The maximum atomic E-state index is 13.6. The normalized spacial score (nSPS) is 14.4. The highest BCUT2D eigenvalue weighted by Gasteiger charge is 2.31. The third-order valence-electron chi connectivity index (χ3n) is 6.74. The highest BCUT2D eigenvalue weighted by atomic mass is 16.4. The number of aliphatic hydroxyl groups is 1. The van der Waals surface area contributed by atoms with E-state index in [-0.39, 0.29) is 30.8 Å². The molecule has 0 aliphatic heterocycles. The molecule has 12 nitrogen and oxygen atoms in total. The van der Waals surface area contributed by atoms with Crippen molar-refractivity contribution in [2.24, 2.45) is 5.73 Å². The Morgan fingerprint density at radius 3 is 1.42 bits per heavy atom. The zero-order valence-electron chi connectivity index (χ0n) is 23.5. The number of carbonyl (C=O) groups excluding carboxylic acids is 3. The highest BCUT2D eigenvalue weighted by molar-refractivity contribution is 5.94. The Bertz CT molecular complexity index is 1380. The third-order valence-corrected chi connectivity index (χ3v) is 6.74. The summed E-state index contributed by atoms with van der Waals surface area (Å²) in [4.78, 5) is 51.8. The molecule has 5 unspecified atom stereocenters. The predicted molar refractivity (Wildman–Crippen MR) is 157 cm³/mol. The van der Waals surface area contributed by atoms with E-state index < -0.39 is 54.0 Å². The molecule has 0 aromatic heterocycles. The molecule has 43 heavy (non-hydrogen) atoms. The quantitative estimate of drug-likeness (QED) is 0.130. The number of carboxylic acid groups (broad SMARTS) is 1. The molecule has 228 valence electrons. The molecular weight excluding hydrogens is 556 g/mol. The second-order valence-electron chi connectivity index (χ2n) is 10.2. The number of hydrogen-bond donors (Lipinski definition) is 8. The fourth-order valence-corrected chi connectivity index (χ4v) is 4.24. The fourth-order valence-electron chi connectivity index (χ4n) is 4.24. The molecule has 3 aromatic carbocycles. The van der Waals surface area contributed by atoms with Crippen molar-refractivity contribution in [3.8, 4) is 11.5 Å². The van der Waals surface area contributed by atoms with Crippen molar-refractivity contribution in [1.29, 1.82) is 0 Å². The molecule has 0 fully saturated rings. The molecule has 0 saturated heterocycles. The van der Waals surface area contributed by atoms with Crippen LogP contribution in [0.1, 0.15) is 23.6 Å². The number of amides is 3. The molecule has 3 aromatic rings. The fraction of sp³-hybridized carbons (Fsp3) is 0.290. The number of benzene rings is 3. The number of carboxylic acids is 1. The lowest BCUT2D eigenvalue weighted by atomic mass is 10.0. The molecule has 0 bridgehead atoms. The summed E-state index contributed by atoms with van der Waals surface area (Å²) in [5.74, 6) is -3.63. The van der Waals surface area contributed by atoms with Gasteiger partial charge in [-0.2, -0.15) is 0 Å². The van der Waals surface area contributed by atoms with E-state index in [0.717, 1.165) is 0 Å². The van der Waals surface area contributed by atoms with E-state index in [9.17, 15) is 39.6 Å². The average Bonchev–Trinajstić information content (AvgIpc) is 2.98. The van der Waals surface area contributed by atoms with Crippen molar-refractivity contribution in [3.63, 3.8) is 0 Å². The summed E-state index contributed by atoms with van der Waals surface area (Å²) in [6.07, 6.45) is -1.33. The molecule has 0 heterocycles. The molecule has 0 radical (unpaired) electrons. The number of rotatable bonds is 14. The zero-order valence-corrected chi connectivity index (χ0v) is 23.5. The molecule has 3 rings (SSSR count). The lowest BCUT2D eigenvalue weighted by molar-refractivity contribution is -0.142. The van der Waals surface area contributed by atoms with Crippen LogP contribution in [-0.4, -0.2) is 74.4 Å². The Hall–Kier alpha value is -4.94. The summed E-state index contributed by atoms with van der Waals surface area (Å²) < 4.78 is 0. The van der Waals surface area contributed by atoms with Gasteiger partial charge >= 0.3 is 5.97 Å². The van der Waals surface area contributed by atoms with Crippen LogP contribution in [0.4, 0.5) is 0 Å². The molecule has 12 heteroatoms. The van der Waals surface area contributed by atoms with Crippen LogP contribution in [0.15, 0.2) is 78.9 Å². The topological polar surface area (TPSA) is 211 Å². The van der Waals surface area contributed by atoms with Crippen LogP contribution in [0.3, 0.4) is 0 Å². The van der Waals surface area contributed by atoms with Gasteiger partial charge in [0.2, 0.25) is 17.7 Å². The number of nitrogens with one attached hydrogen (secondary N) is 3. The first kappa shape index (κ1) is 32.6. The molecule has 9 N–H and O–H groups in total. The van der Waals surface area contributed by atoms with Crippen LogP contribution in [0.5, 0.6) is 11.5 Å². The second-order valence-corrected chi connectivity index (χ2v) is 10.2. The molecule has 5 atom stereocenters. The van der Waals surface area contributed by atoms with E-state index in [2.05, 4.69) is 16.0 Å². The zero-order chi connectivity index (χ0) is 31.5. The van der Waals surface area contributed by atoms with Crippen molar-refractivity contribution in [2.45, 2.75) is 56.5 Å². The summed E-state index contributed by atoms with van der Waals surface area (Å²) in [6, 6.07) is 15.4. The van der Waals surface area contributed by atoms with E-state index >= 15 is 0 Å². The first-order valence-electron chi connectivity index (χ1n) is 13.6. The van der Waals surface area contributed by atoms with Crippen molar-refractivity contribution < 1.29 is 39.6 Å². The lowest BCUT2D eigenvalue weighted by Crippen LogP contribution is -2.59. The van der Waals surface area contributed by atoms with Crippen LogP contribution in [0, 0.1) is 0 Å². The Morgan fingerprint density at radius 2 is 1.00 bits per heavy atom. The van der Waals surface area contributed by atoms with E-state index in [1.807, 2.05) is 0 Å². The number of phenols is 2. The van der Waals surface area contributed by atoms with E-state index in [0.29, 0.717) is 16.7 Å². The molecule has 0 aliphatic carbocycles. The van der Waals surface area contributed by atoms with Crippen molar-refractivity contribution in [1.82, 2.24) is 16.0 Å². The Labute approximate surface area is 248 Å². The number of aliphatic carboxylic acids is 1. The summed E-state index contributed by atoms with van der Waals surface area (Å²) in [6.45, 7) is 1.33. The number of phenolic OH excluding ortho intramolecular Hbond substituents is 2. The Kier molecular flexibility index (Phi) is 11.6. The Balaban J connectivity index is 1.87. The van der Waals surface area contributed by atoms with Gasteiger partial charge in [-0.15, -0.1) is 0 Å². The van der Waals surface area contributed by atoms with Crippen LogP contribution in [0.2, 0.25) is 0 Å². The summed E-state index contributed by atoms with van der Waals surface area (Å²) in [5, 5.41) is 46.5. The summed E-state index contributed by atoms with van der Waals surface area (Å²) in [7, 11) is 0. The van der Waals surface area contributed by atoms with Crippen molar-refractivity contribution in [3.05, 3.63) is 95.6 Å². The van der Waals surface area contributed by atoms with E-state index in [1.165, 1.54) is 31.2 Å². The van der Waals surface area contributed by atoms with Gasteiger partial charge in [0.25, 0.3) is 0 Å². The minimum Gasteiger partial charge on any atom is -0.508 e. The molecular formula is C31H36N4O8. The monoisotopic (exact) mass is 592 g/mol. The number of nitrogens with two attached hydrogens (primary N) is 1. The maximum absolute atomic E-state index is 13.6. The van der Waals surface area contributed by atoms with Gasteiger partial charge in [0.1, 0.15) is 35.7 Å². The number of aromatic hydroxyl groups is 2. The number of carbonyl (C=O) groups is 4. The Morgan fingerprint density at radius 1 is 0.628 bits per heavy atom. The lowest BCUT2D eigenvalue weighted by Gasteiger charge is -2.26. The standard InChI is InChI=1S/C31H36N4O8/c1-18(36)27(32)30(41)34-25(16-21-9-13-23(38)14-10-21)28(39)33-24(15-20-7-11-22(37)12-8-20)29(40)35-26(31(42)43)17-19-5-3-2-4-6-19/h2-14,18,24-27,36-38H,15-17,32H2,1H3,(H,33,39)(H,34,41)(H,35,40)(H,42,43). The molecule has 3 amide bonds. The van der Waals surface area contributed by atoms with Crippen LogP contribution in [-0.2, 0) is 38.4 Å². The first-order chi connectivity index (χ1) is 20.4. The van der Waals surface area contributed by atoms with Crippen LogP contribution >= 0.6 is 0 Å². The largest absolute Gasteiger partial charge is 0.508 e. The molecule has 0 aliphatic rings. The van der Waals surface area contributed by atoms with Gasteiger partial charge < -0.3 is 42.1 Å². The average molecular weight is 593 g/mol. The predicted octanol–water partition coefficient (Wildman–Crippen LogP) is 0.373.